The van der Waals surface area contributed by atoms with Gasteiger partial charge >= 0.3 is 12.1 Å². The Kier molecular flexibility index (Phi) is 8.79. The number of rotatable bonds is 7. The quantitative estimate of drug-likeness (QED) is 0.366. The number of sulfonamides is 1. The molecule has 2 aromatic carbocycles. The van der Waals surface area contributed by atoms with Crippen molar-refractivity contribution in [3.63, 3.8) is 0 Å². The summed E-state index contributed by atoms with van der Waals surface area (Å²) in [6.45, 7) is 1.13. The van der Waals surface area contributed by atoms with Crippen molar-refractivity contribution < 1.29 is 36.0 Å². The van der Waals surface area contributed by atoms with Crippen molar-refractivity contribution in [2.24, 2.45) is 5.92 Å². The molecule has 47 heavy (non-hydrogen) atoms. The van der Waals surface area contributed by atoms with Gasteiger partial charge in [0.2, 0.25) is 5.91 Å². The first-order valence-corrected chi connectivity index (χ1v) is 16.7. The second kappa shape index (κ2) is 12.8. The van der Waals surface area contributed by atoms with Crippen molar-refractivity contribution in [3.8, 4) is 0 Å². The lowest BCUT2D eigenvalue weighted by atomic mass is 9.97. The molecule has 6 rings (SSSR count). The number of hydrogen-bond acceptors (Lipinski definition) is 6. The lowest BCUT2D eigenvalue weighted by Gasteiger charge is -2.24. The number of allylic oxidation sites excluding steroid dienone is 4. The predicted octanol–water partition coefficient (Wildman–Crippen LogP) is 4.68. The highest BCUT2D eigenvalue weighted by molar-refractivity contribution is 7.93. The minimum absolute atomic E-state index is 0.00715. The van der Waals surface area contributed by atoms with Crippen molar-refractivity contribution in [3.05, 3.63) is 90.2 Å². The molecule has 3 aromatic rings. The smallest absolute Gasteiger partial charge is 0.341 e. The Morgan fingerprint density at radius 2 is 1.72 bits per heavy atom. The minimum Gasteiger partial charge on any atom is -0.341 e. The van der Waals surface area contributed by atoms with Crippen LogP contribution < -0.4 is 4.72 Å². The molecule has 2 saturated heterocycles. The molecule has 14 heteroatoms. The third-order valence-electron chi connectivity index (χ3n) is 8.54. The van der Waals surface area contributed by atoms with E-state index < -0.39 is 34.1 Å². The normalized spacial score (nSPS) is 19.9. The van der Waals surface area contributed by atoms with E-state index >= 15 is 0 Å². The number of pyridine rings is 1. The van der Waals surface area contributed by atoms with E-state index in [0.29, 0.717) is 42.8 Å². The summed E-state index contributed by atoms with van der Waals surface area (Å²) < 4.78 is 69.4. The number of nitrogens with one attached hydrogen (secondary N) is 1. The summed E-state index contributed by atoms with van der Waals surface area (Å²) in [5.41, 5.74) is 0.333. The van der Waals surface area contributed by atoms with Gasteiger partial charge in [-0.3, -0.25) is 24.1 Å². The number of anilines is 1. The molecule has 0 spiro atoms. The van der Waals surface area contributed by atoms with E-state index in [9.17, 15) is 36.0 Å². The number of carbonyl (C=O) groups excluding carboxylic acids is 3. The van der Waals surface area contributed by atoms with Crippen molar-refractivity contribution in [2.45, 2.75) is 36.4 Å². The monoisotopic (exact) mass is 667 g/mol. The molecule has 1 aromatic heterocycles. The molecule has 2 fully saturated rings. The molecule has 10 nitrogen and oxygen atoms in total. The molecule has 3 amide bonds. The van der Waals surface area contributed by atoms with Gasteiger partial charge in [0.15, 0.2) is 0 Å². The summed E-state index contributed by atoms with van der Waals surface area (Å²) in [7, 11) is -4.30. The van der Waals surface area contributed by atoms with Crippen LogP contribution in [0.5, 0.6) is 0 Å². The summed E-state index contributed by atoms with van der Waals surface area (Å²) in [5, 5.41) is 0.571. The predicted molar refractivity (Wildman–Crippen MR) is 168 cm³/mol. The number of nitrogens with zero attached hydrogens (tertiary/aromatic N) is 4. The lowest BCUT2D eigenvalue weighted by Crippen LogP contribution is -2.38. The Morgan fingerprint density at radius 1 is 0.957 bits per heavy atom. The molecule has 0 radical (unpaired) electrons. The van der Waals surface area contributed by atoms with Gasteiger partial charge in [0.05, 0.1) is 17.2 Å². The Morgan fingerprint density at radius 3 is 2.49 bits per heavy atom. The highest BCUT2D eigenvalue weighted by Gasteiger charge is 2.52. The molecule has 1 N–H and O–H groups in total. The van der Waals surface area contributed by atoms with Gasteiger partial charge in [0, 0.05) is 61.9 Å². The van der Waals surface area contributed by atoms with E-state index in [0.717, 1.165) is 6.42 Å². The van der Waals surface area contributed by atoms with Gasteiger partial charge in [0.25, 0.3) is 15.9 Å². The fraction of sp³-hybridized carbons (Fsp3) is 0.333. The van der Waals surface area contributed by atoms with Crippen LogP contribution in [-0.2, 0) is 19.6 Å². The number of alkyl halides is 3. The fourth-order valence-electron chi connectivity index (χ4n) is 6.04. The third kappa shape index (κ3) is 7.02. The second-order valence-electron chi connectivity index (χ2n) is 11.7. The standard InChI is InChI=1S/C33H32F3N5O5S/c34-33(35,36)32(44)41-21-27(41)25-20-24(12-13-26(25)38-47(45,46)28-11-4-9-23-10-5-14-37-30(23)28)31(43)40-16-6-15-39(17-18-40)29(42)19-22-7-2-1-3-8-22/h1-5,7,9-14,20,22,27,38H,6,8,15-19,21H2. The minimum atomic E-state index is -5.12. The van der Waals surface area contributed by atoms with E-state index in [-0.39, 0.29) is 52.1 Å². The molecule has 0 saturated carbocycles. The number of carbonyl (C=O) groups is 3. The zero-order valence-electron chi connectivity index (χ0n) is 25.2. The molecular formula is C33H32F3N5O5S. The maximum atomic E-state index is 13.7. The SMILES string of the molecule is O=C(CC1C=CC=CC1)N1CCCN(C(=O)c2ccc(NS(=O)(=O)c3cccc4cccnc34)c(C3CN3C(=O)C(F)(F)F)c2)CC1. The summed E-state index contributed by atoms with van der Waals surface area (Å²) in [6, 6.07) is 10.9. The summed E-state index contributed by atoms with van der Waals surface area (Å²) in [5.74, 6) is -2.33. The molecule has 2 atom stereocenters. The van der Waals surface area contributed by atoms with Crippen molar-refractivity contribution in [1.82, 2.24) is 19.7 Å². The number of benzene rings is 2. The fourth-order valence-corrected chi connectivity index (χ4v) is 7.31. The first-order chi connectivity index (χ1) is 22.4. The Bertz CT molecular complexity index is 1890. The second-order valence-corrected chi connectivity index (χ2v) is 13.4. The highest BCUT2D eigenvalue weighted by Crippen LogP contribution is 2.42. The van der Waals surface area contributed by atoms with Crippen LogP contribution >= 0.6 is 0 Å². The highest BCUT2D eigenvalue weighted by atomic mass is 32.2. The molecule has 0 bridgehead atoms. The molecule has 3 heterocycles. The first kappa shape index (κ1) is 32.2. The van der Waals surface area contributed by atoms with Gasteiger partial charge in [0.1, 0.15) is 4.90 Å². The Balaban J connectivity index is 1.24. The Hall–Kier alpha value is -4.72. The first-order valence-electron chi connectivity index (χ1n) is 15.2. The van der Waals surface area contributed by atoms with E-state index in [1.54, 1.807) is 34.1 Å². The van der Waals surface area contributed by atoms with Gasteiger partial charge in [-0.2, -0.15) is 13.2 Å². The number of halogens is 3. The topological polar surface area (TPSA) is 120 Å². The van der Waals surface area contributed by atoms with Crippen LogP contribution in [-0.4, -0.2) is 84.7 Å². The lowest BCUT2D eigenvalue weighted by molar-refractivity contribution is -0.179. The maximum absolute atomic E-state index is 13.7. The zero-order chi connectivity index (χ0) is 33.3. The molecular weight excluding hydrogens is 635 g/mol. The number of aromatic nitrogens is 1. The molecule has 1 aliphatic carbocycles. The number of fused-ring (bicyclic) bond motifs is 1. The van der Waals surface area contributed by atoms with Gasteiger partial charge in [-0.25, -0.2) is 8.42 Å². The number of amides is 3. The largest absolute Gasteiger partial charge is 0.471 e. The van der Waals surface area contributed by atoms with Gasteiger partial charge in [-0.05, 0) is 49.1 Å². The maximum Gasteiger partial charge on any atom is 0.471 e. The average Bonchev–Trinajstić information content (AvgIpc) is 3.88. The van der Waals surface area contributed by atoms with E-state index in [1.165, 1.54) is 30.5 Å². The van der Waals surface area contributed by atoms with Crippen LogP contribution in [0.2, 0.25) is 0 Å². The van der Waals surface area contributed by atoms with Crippen LogP contribution in [0.4, 0.5) is 18.9 Å². The molecule has 3 aliphatic rings. The van der Waals surface area contributed by atoms with Crippen molar-refractivity contribution in [1.29, 1.82) is 0 Å². The molecule has 246 valence electrons. The van der Waals surface area contributed by atoms with Gasteiger partial charge < -0.3 is 14.7 Å². The van der Waals surface area contributed by atoms with E-state index in [4.69, 9.17) is 0 Å². The summed E-state index contributed by atoms with van der Waals surface area (Å²) in [6.07, 6.45) is 5.94. The van der Waals surface area contributed by atoms with Crippen LogP contribution in [0, 0.1) is 5.92 Å². The van der Waals surface area contributed by atoms with Gasteiger partial charge in [-0.1, -0.05) is 42.5 Å². The Labute approximate surface area is 269 Å². The molecule has 2 unspecified atom stereocenters. The third-order valence-corrected chi connectivity index (χ3v) is 9.94. The zero-order valence-corrected chi connectivity index (χ0v) is 26.0. The van der Waals surface area contributed by atoms with Crippen LogP contribution in [0.3, 0.4) is 0 Å². The number of hydrogen-bond donors (Lipinski definition) is 1. The van der Waals surface area contributed by atoms with Gasteiger partial charge in [-0.15, -0.1) is 0 Å². The summed E-state index contributed by atoms with van der Waals surface area (Å²) in [4.78, 5) is 46.6. The van der Waals surface area contributed by atoms with Crippen molar-refractivity contribution >= 4 is 44.3 Å². The van der Waals surface area contributed by atoms with Crippen molar-refractivity contribution in [2.75, 3.05) is 37.4 Å². The van der Waals surface area contributed by atoms with E-state index in [2.05, 4.69) is 9.71 Å². The number of para-hydroxylation sites is 1. The van der Waals surface area contributed by atoms with E-state index in [1.807, 2.05) is 24.3 Å². The van der Waals surface area contributed by atoms with Crippen LogP contribution in [0.15, 0.2) is 83.9 Å². The van der Waals surface area contributed by atoms with Crippen LogP contribution in [0.1, 0.15) is 41.2 Å². The molecule has 2 aliphatic heterocycles. The summed E-state index contributed by atoms with van der Waals surface area (Å²) >= 11 is 0. The average molecular weight is 668 g/mol. The van der Waals surface area contributed by atoms with Crippen LogP contribution in [0.25, 0.3) is 10.9 Å².